The third-order valence-electron chi connectivity index (χ3n) is 17.3. The zero-order chi connectivity index (χ0) is 76.6. The van der Waals surface area contributed by atoms with E-state index in [2.05, 4.69) is 154 Å². The molecule has 18 heteroatoms. The summed E-state index contributed by atoms with van der Waals surface area (Å²) in [5.41, 5.74) is 0. The highest BCUT2D eigenvalue weighted by Crippen LogP contribution is 2.45. The summed E-state index contributed by atoms with van der Waals surface area (Å²) in [5, 5.41) is 20.7. The van der Waals surface area contributed by atoms with E-state index in [9.17, 15) is 43.5 Å². The average molecular weight is 1510 g/mol. The topological polar surface area (TPSA) is 231 Å². The molecule has 4 N–H and O–H groups in total. The predicted molar refractivity (Wildman–Crippen MR) is 436 cm³/mol. The average Bonchev–Trinajstić information content (AvgIpc) is 1.01. The summed E-state index contributed by atoms with van der Waals surface area (Å²) < 4.78 is 61.2. The minimum absolute atomic E-state index is 0.0849. The fourth-order valence-corrected chi connectivity index (χ4v) is 12.6. The van der Waals surface area contributed by atoms with Crippen LogP contribution in [0.5, 0.6) is 0 Å². The first-order valence-electron chi connectivity index (χ1n) is 41.5. The summed E-state index contributed by atoms with van der Waals surface area (Å²) in [6.07, 6.45) is 96.4. The first-order chi connectivity index (χ1) is 51.2. The second-order valence-corrected chi connectivity index (χ2v) is 30.4. The standard InChI is InChI=1S/C87H150O16P2/c1-4-7-10-13-16-19-22-25-28-30-32-34-36-38-39-40-41-43-45-46-48-50-53-55-58-61-64-67-70-73-85(90)97-76-82(88)77-99-104(93,94)100-78-83(89)79-101-105(95,96)102-81-84(103-87(92)75-72-69-66-63-60-57-52-27-24-21-18-15-12-9-6-3)80-98-86(91)74-71-68-65-62-59-56-54-51-49-47-44-42-37-35-33-31-29-26-23-20-17-14-11-8-5-2/h8,11,16-21,25-29,32-35,38-39,42,44,52,82-84,88-89H,4-7,9-10,12-15,22-24,30-31,36-37,40-41,43,45-51,53-81H2,1-3H3,(H,93,94)(H,95,96)/b11-8-,19-16-,20-17-,21-18-,28-25-,29-26-,34-32-,35-33-,39-38-,44-42-,52-27-. The largest absolute Gasteiger partial charge is 0.472 e. The van der Waals surface area contributed by atoms with Gasteiger partial charge in [-0.05, 0) is 141 Å². The summed E-state index contributed by atoms with van der Waals surface area (Å²) in [4.78, 5) is 58.7. The van der Waals surface area contributed by atoms with Crippen molar-refractivity contribution >= 4 is 33.6 Å². The SMILES string of the molecule is CC/C=C\C/C=C\C/C=C\C/C=C\C/C=C\CCCCCCCCCCCC(=O)OCC(COP(=O)(O)OCC(O)COP(=O)(O)OCC(O)COC(=O)CCCCCCCCCCCCCCC/C=C\C/C=C\C/C=C\C/C=C\CCCCC)OC(=O)CCCCCCC/C=C\C/C=C\CCCCC. The Bertz CT molecular complexity index is 2440. The van der Waals surface area contributed by atoms with Crippen molar-refractivity contribution in [1.29, 1.82) is 0 Å². The number of unbranched alkanes of at least 4 members (excludes halogenated alkanes) is 33. The molecule has 0 aliphatic carbocycles. The van der Waals surface area contributed by atoms with E-state index in [1.807, 2.05) is 0 Å². The molecule has 0 spiro atoms. The van der Waals surface area contributed by atoms with Gasteiger partial charge in [0.1, 0.15) is 25.4 Å². The van der Waals surface area contributed by atoms with Crippen molar-refractivity contribution in [1.82, 2.24) is 0 Å². The molecule has 5 atom stereocenters. The predicted octanol–water partition coefficient (Wildman–Crippen LogP) is 24.7. The molecule has 0 amide bonds. The molecule has 0 aliphatic heterocycles. The first-order valence-corrected chi connectivity index (χ1v) is 44.5. The van der Waals surface area contributed by atoms with Crippen LogP contribution < -0.4 is 0 Å². The van der Waals surface area contributed by atoms with Gasteiger partial charge >= 0.3 is 33.6 Å². The van der Waals surface area contributed by atoms with E-state index in [0.717, 1.165) is 154 Å². The first kappa shape index (κ1) is 101. The molecule has 0 heterocycles. The molecule has 0 aromatic rings. The quantitative estimate of drug-likeness (QED) is 0.0146. The van der Waals surface area contributed by atoms with E-state index in [0.29, 0.717) is 19.3 Å². The van der Waals surface area contributed by atoms with Gasteiger partial charge in [0.2, 0.25) is 0 Å². The number of hydrogen-bond donors (Lipinski definition) is 4. The highest BCUT2D eigenvalue weighted by molar-refractivity contribution is 7.47. The number of carbonyl (C=O) groups is 3. The zero-order valence-electron chi connectivity index (χ0n) is 66.1. The number of phosphoric ester groups is 2. The van der Waals surface area contributed by atoms with Crippen LogP contribution in [0, 0.1) is 0 Å². The van der Waals surface area contributed by atoms with Crippen LogP contribution in [0.1, 0.15) is 342 Å². The molecule has 0 rings (SSSR count). The van der Waals surface area contributed by atoms with Crippen molar-refractivity contribution in [2.45, 2.75) is 360 Å². The number of esters is 3. The zero-order valence-corrected chi connectivity index (χ0v) is 67.9. The number of allylic oxidation sites excluding steroid dienone is 22. The Morgan fingerprint density at radius 1 is 0.276 bits per heavy atom. The van der Waals surface area contributed by atoms with Crippen LogP contribution in [0.3, 0.4) is 0 Å². The van der Waals surface area contributed by atoms with E-state index in [-0.39, 0.29) is 19.3 Å². The highest BCUT2D eigenvalue weighted by Gasteiger charge is 2.29. The molecule has 0 radical (unpaired) electrons. The van der Waals surface area contributed by atoms with Gasteiger partial charge < -0.3 is 34.2 Å². The van der Waals surface area contributed by atoms with E-state index >= 15 is 0 Å². The molecule has 604 valence electrons. The van der Waals surface area contributed by atoms with Crippen molar-refractivity contribution in [3.8, 4) is 0 Å². The van der Waals surface area contributed by atoms with Crippen molar-refractivity contribution in [2.75, 3.05) is 39.6 Å². The Labute approximate surface area is 639 Å². The maximum absolute atomic E-state index is 13.0. The normalized spacial score (nSPS) is 14.6. The lowest BCUT2D eigenvalue weighted by Gasteiger charge is -2.21. The van der Waals surface area contributed by atoms with Gasteiger partial charge in [0, 0.05) is 19.3 Å². The number of aliphatic hydroxyl groups excluding tert-OH is 2. The highest BCUT2D eigenvalue weighted by atomic mass is 31.2. The third kappa shape index (κ3) is 80.5. The van der Waals surface area contributed by atoms with Crippen LogP contribution in [0.25, 0.3) is 0 Å². The van der Waals surface area contributed by atoms with Crippen LogP contribution in [-0.2, 0) is 55.8 Å². The second kappa shape index (κ2) is 79.2. The van der Waals surface area contributed by atoms with E-state index in [1.54, 1.807) is 0 Å². The summed E-state index contributed by atoms with van der Waals surface area (Å²) in [6, 6.07) is 0. The van der Waals surface area contributed by atoms with Gasteiger partial charge in [0.25, 0.3) is 0 Å². The Kier molecular flexibility index (Phi) is 76.0. The molecule has 0 aromatic carbocycles. The lowest BCUT2D eigenvalue weighted by Crippen LogP contribution is -2.30. The van der Waals surface area contributed by atoms with Crippen LogP contribution in [0.4, 0.5) is 0 Å². The Balaban J connectivity index is 4.54. The van der Waals surface area contributed by atoms with Gasteiger partial charge in [0.15, 0.2) is 6.10 Å². The maximum atomic E-state index is 13.0. The molecule has 0 bridgehead atoms. The third-order valence-corrected chi connectivity index (χ3v) is 19.2. The van der Waals surface area contributed by atoms with E-state index < -0.39 is 91.5 Å². The minimum atomic E-state index is -4.94. The van der Waals surface area contributed by atoms with Crippen LogP contribution in [0.15, 0.2) is 134 Å². The number of ether oxygens (including phenoxy) is 3. The maximum Gasteiger partial charge on any atom is 0.472 e. The molecule has 105 heavy (non-hydrogen) atoms. The van der Waals surface area contributed by atoms with Crippen molar-refractivity contribution in [2.24, 2.45) is 0 Å². The van der Waals surface area contributed by atoms with Crippen LogP contribution in [0.2, 0.25) is 0 Å². The Morgan fingerprint density at radius 2 is 0.505 bits per heavy atom. The number of hydrogen-bond acceptors (Lipinski definition) is 14. The molecule has 0 fully saturated rings. The molecular formula is C87H150O16P2. The Morgan fingerprint density at radius 3 is 0.800 bits per heavy atom. The fraction of sp³-hybridized carbons (Fsp3) is 0.713. The van der Waals surface area contributed by atoms with Crippen LogP contribution >= 0.6 is 15.6 Å². The van der Waals surface area contributed by atoms with Gasteiger partial charge in [-0.2, -0.15) is 0 Å². The molecular weight excluding hydrogens is 1360 g/mol. The lowest BCUT2D eigenvalue weighted by atomic mass is 10.0. The smallest absolute Gasteiger partial charge is 0.463 e. The molecule has 5 unspecified atom stereocenters. The summed E-state index contributed by atoms with van der Waals surface area (Å²) in [6.45, 7) is 2.51. The summed E-state index contributed by atoms with van der Waals surface area (Å²) >= 11 is 0. The second-order valence-electron chi connectivity index (χ2n) is 27.5. The lowest BCUT2D eigenvalue weighted by molar-refractivity contribution is -0.161. The van der Waals surface area contributed by atoms with Crippen LogP contribution in [-0.4, -0.2) is 95.9 Å². The number of rotatable bonds is 78. The number of phosphoric acid groups is 2. The van der Waals surface area contributed by atoms with Gasteiger partial charge in [-0.15, -0.1) is 0 Å². The molecule has 0 aliphatic rings. The van der Waals surface area contributed by atoms with E-state index in [4.69, 9.17) is 32.3 Å². The van der Waals surface area contributed by atoms with Crippen molar-refractivity contribution in [3.05, 3.63) is 134 Å². The fourth-order valence-electron chi connectivity index (χ4n) is 11.0. The monoisotopic (exact) mass is 1510 g/mol. The Hall–Kier alpha value is -4.31. The van der Waals surface area contributed by atoms with Gasteiger partial charge in [-0.1, -0.05) is 315 Å². The molecule has 0 aromatic heterocycles. The van der Waals surface area contributed by atoms with Crippen molar-refractivity contribution < 1.29 is 75.8 Å². The van der Waals surface area contributed by atoms with Gasteiger partial charge in [0.05, 0.1) is 26.4 Å². The van der Waals surface area contributed by atoms with E-state index in [1.165, 1.54) is 128 Å². The summed E-state index contributed by atoms with van der Waals surface area (Å²) in [5.74, 6) is -1.59. The molecule has 0 saturated carbocycles. The number of aliphatic hydroxyl groups is 2. The molecule has 0 saturated heterocycles. The molecule has 16 nitrogen and oxygen atoms in total. The van der Waals surface area contributed by atoms with Gasteiger partial charge in [-0.25, -0.2) is 9.13 Å². The minimum Gasteiger partial charge on any atom is -0.463 e. The number of carbonyl (C=O) groups excluding carboxylic acids is 3. The van der Waals surface area contributed by atoms with Gasteiger partial charge in [-0.3, -0.25) is 32.5 Å². The summed E-state index contributed by atoms with van der Waals surface area (Å²) in [7, 11) is -9.80. The van der Waals surface area contributed by atoms with Crippen molar-refractivity contribution in [3.63, 3.8) is 0 Å².